The van der Waals surface area contributed by atoms with Crippen LogP contribution in [0.5, 0.6) is 0 Å². The second kappa shape index (κ2) is 3.89. The molecule has 0 radical (unpaired) electrons. The fourth-order valence-corrected chi connectivity index (χ4v) is 0.479. The third-order valence-electron chi connectivity index (χ3n) is 1.35. The van der Waals surface area contributed by atoms with E-state index in [1.165, 1.54) is 12.4 Å². The van der Waals surface area contributed by atoms with Crippen LogP contribution >= 0.6 is 0 Å². The summed E-state index contributed by atoms with van der Waals surface area (Å²) in [6.45, 7) is 1.31. The largest absolute Gasteiger partial charge is 0.480 e. The maximum Gasteiger partial charge on any atom is 0.321 e. The smallest absolute Gasteiger partial charge is 0.321 e. The topological polar surface area (TPSA) is 113 Å². The molecule has 0 aromatic rings. The van der Waals surface area contributed by atoms with Gasteiger partial charge in [0, 0.05) is 0 Å². The first-order valence-electron chi connectivity index (χ1n) is 2.93. The summed E-state index contributed by atoms with van der Waals surface area (Å²) >= 11 is 0. The molecule has 0 saturated carbocycles. The highest BCUT2D eigenvalue weighted by molar-refractivity contribution is 5.85. The van der Waals surface area contributed by atoms with Crippen molar-refractivity contribution in [3.8, 4) is 0 Å². The number of nitrogens with two attached hydrogens (primary N) is 1. The molecule has 6 nitrogen and oxygen atoms in total. The number of carboxylic acid groups (broad SMARTS) is 1. The van der Waals surface area contributed by atoms with Gasteiger partial charge in [0.2, 0.25) is 5.91 Å². The van der Waals surface area contributed by atoms with Gasteiger partial charge < -0.3 is 10.8 Å². The number of hydrogen-bond donors (Lipinski definition) is 4. The van der Waals surface area contributed by atoms with E-state index in [0.717, 1.165) is 0 Å². The van der Waals surface area contributed by atoms with E-state index >= 15 is 0 Å². The third-order valence-corrected chi connectivity index (χ3v) is 1.35. The highest BCUT2D eigenvalue weighted by Gasteiger charge is 2.25. The Kier molecular flexibility index (Phi) is 3.49. The first-order chi connectivity index (χ1) is 5.00. The maximum atomic E-state index is 10.6. The molecule has 1 amide bonds. The quantitative estimate of drug-likeness (QED) is 0.299. The zero-order valence-corrected chi connectivity index (χ0v) is 5.94. The molecule has 0 fully saturated rings. The van der Waals surface area contributed by atoms with Crippen LogP contribution in [0.1, 0.15) is 6.92 Å². The molecule has 0 aliphatic rings. The van der Waals surface area contributed by atoms with E-state index in [1.807, 2.05) is 0 Å². The van der Waals surface area contributed by atoms with Crippen molar-refractivity contribution in [3.63, 3.8) is 0 Å². The SMILES string of the molecule is CC(C(=O)NO)C(N)C(=O)O. The summed E-state index contributed by atoms with van der Waals surface area (Å²) in [7, 11) is 0. The zero-order valence-electron chi connectivity index (χ0n) is 5.94. The van der Waals surface area contributed by atoms with Gasteiger partial charge in [0.05, 0.1) is 5.92 Å². The lowest BCUT2D eigenvalue weighted by Crippen LogP contribution is -2.44. The molecule has 0 rings (SSSR count). The van der Waals surface area contributed by atoms with Gasteiger partial charge in [0.15, 0.2) is 0 Å². The van der Waals surface area contributed by atoms with Crippen LogP contribution < -0.4 is 11.2 Å². The lowest BCUT2D eigenvalue weighted by Gasteiger charge is -2.12. The Morgan fingerprint density at radius 1 is 1.55 bits per heavy atom. The van der Waals surface area contributed by atoms with Gasteiger partial charge in [-0.15, -0.1) is 0 Å². The molecular weight excluding hydrogens is 152 g/mol. The number of carboxylic acids is 1. The van der Waals surface area contributed by atoms with Gasteiger partial charge in [-0.1, -0.05) is 6.92 Å². The molecule has 0 aromatic carbocycles. The molecule has 2 atom stereocenters. The van der Waals surface area contributed by atoms with Gasteiger partial charge in [-0.05, 0) is 0 Å². The number of hydrogen-bond acceptors (Lipinski definition) is 4. The van der Waals surface area contributed by atoms with E-state index in [-0.39, 0.29) is 0 Å². The van der Waals surface area contributed by atoms with Gasteiger partial charge in [0.25, 0.3) is 0 Å². The maximum absolute atomic E-state index is 10.6. The van der Waals surface area contributed by atoms with E-state index in [1.54, 1.807) is 0 Å². The molecule has 0 bridgehead atoms. The van der Waals surface area contributed by atoms with Crippen LogP contribution in [0.2, 0.25) is 0 Å². The van der Waals surface area contributed by atoms with Crippen LogP contribution in [-0.2, 0) is 9.59 Å². The Labute approximate surface area is 63.0 Å². The van der Waals surface area contributed by atoms with Crippen LogP contribution in [0.25, 0.3) is 0 Å². The number of carbonyl (C=O) groups excluding carboxylic acids is 1. The van der Waals surface area contributed by atoms with Crippen LogP contribution in [0.3, 0.4) is 0 Å². The van der Waals surface area contributed by atoms with Crippen LogP contribution in [0.4, 0.5) is 0 Å². The molecule has 0 heterocycles. The van der Waals surface area contributed by atoms with E-state index in [4.69, 9.17) is 16.0 Å². The first-order valence-corrected chi connectivity index (χ1v) is 2.93. The summed E-state index contributed by atoms with van der Waals surface area (Å²) in [5.41, 5.74) is 6.38. The normalized spacial score (nSPS) is 15.2. The van der Waals surface area contributed by atoms with Gasteiger partial charge in [-0.25, -0.2) is 5.48 Å². The molecule has 11 heavy (non-hydrogen) atoms. The number of aliphatic carboxylic acids is 1. The predicted molar refractivity (Wildman–Crippen MR) is 34.7 cm³/mol. The fraction of sp³-hybridized carbons (Fsp3) is 0.600. The van der Waals surface area contributed by atoms with Gasteiger partial charge in [-0.2, -0.15) is 0 Å². The summed E-state index contributed by atoms with van der Waals surface area (Å²) in [6.07, 6.45) is 0. The Hall–Kier alpha value is -1.14. The van der Waals surface area contributed by atoms with E-state index < -0.39 is 23.8 Å². The Morgan fingerprint density at radius 3 is 2.27 bits per heavy atom. The predicted octanol–water partition coefficient (Wildman–Crippen LogP) is -1.46. The monoisotopic (exact) mass is 162 g/mol. The number of rotatable bonds is 3. The summed E-state index contributed by atoms with van der Waals surface area (Å²) < 4.78 is 0. The van der Waals surface area contributed by atoms with Gasteiger partial charge in [-0.3, -0.25) is 14.8 Å². The zero-order chi connectivity index (χ0) is 9.02. The Morgan fingerprint density at radius 2 is 2.00 bits per heavy atom. The summed E-state index contributed by atoms with van der Waals surface area (Å²) in [5.74, 6) is -3.03. The molecule has 2 unspecified atom stereocenters. The minimum Gasteiger partial charge on any atom is -0.480 e. The van der Waals surface area contributed by atoms with Crippen molar-refractivity contribution in [3.05, 3.63) is 0 Å². The van der Waals surface area contributed by atoms with E-state index in [0.29, 0.717) is 0 Å². The van der Waals surface area contributed by atoms with Crippen molar-refractivity contribution in [1.82, 2.24) is 5.48 Å². The summed E-state index contributed by atoms with van der Waals surface area (Å²) in [5, 5.41) is 16.4. The minimum absolute atomic E-state index is 0.806. The third kappa shape index (κ3) is 2.52. The molecule has 0 aromatic heterocycles. The minimum atomic E-state index is -1.29. The van der Waals surface area contributed by atoms with Crippen LogP contribution in [0, 0.1) is 5.92 Å². The molecular formula is C5H10N2O4. The number of nitrogens with one attached hydrogen (secondary N) is 1. The number of amides is 1. The van der Waals surface area contributed by atoms with Crippen LogP contribution in [0.15, 0.2) is 0 Å². The van der Waals surface area contributed by atoms with Crippen molar-refractivity contribution < 1.29 is 19.9 Å². The number of carbonyl (C=O) groups is 2. The summed E-state index contributed by atoms with van der Waals surface area (Å²) in [4.78, 5) is 20.7. The van der Waals surface area contributed by atoms with E-state index in [2.05, 4.69) is 0 Å². The summed E-state index contributed by atoms with van der Waals surface area (Å²) in [6, 6.07) is -1.29. The molecule has 0 aliphatic heterocycles. The molecule has 0 aliphatic carbocycles. The molecule has 5 N–H and O–H groups in total. The molecule has 0 saturated heterocycles. The molecule has 6 heteroatoms. The van der Waals surface area contributed by atoms with Crippen LogP contribution in [-0.4, -0.2) is 28.2 Å². The Balaban J connectivity index is 4.12. The van der Waals surface area contributed by atoms with Crippen molar-refractivity contribution in [2.45, 2.75) is 13.0 Å². The van der Waals surface area contributed by atoms with Crippen molar-refractivity contribution in [1.29, 1.82) is 0 Å². The lowest BCUT2D eigenvalue weighted by molar-refractivity contribution is -0.144. The van der Waals surface area contributed by atoms with E-state index in [9.17, 15) is 9.59 Å². The Bertz CT molecular complexity index is 170. The average molecular weight is 162 g/mol. The van der Waals surface area contributed by atoms with Gasteiger partial charge >= 0.3 is 5.97 Å². The fourth-order valence-electron chi connectivity index (χ4n) is 0.479. The standard InChI is InChI=1S/C5H10N2O4/c1-2(4(8)7-11)3(6)5(9)10/h2-3,11H,6H2,1H3,(H,7,8)(H,9,10). The molecule has 64 valence electrons. The van der Waals surface area contributed by atoms with Crippen molar-refractivity contribution in [2.75, 3.05) is 0 Å². The highest BCUT2D eigenvalue weighted by Crippen LogP contribution is 1.99. The van der Waals surface area contributed by atoms with Crippen molar-refractivity contribution in [2.24, 2.45) is 11.7 Å². The second-order valence-electron chi connectivity index (χ2n) is 2.13. The number of hydroxylamine groups is 1. The second-order valence-corrected chi connectivity index (χ2v) is 2.13. The lowest BCUT2D eigenvalue weighted by atomic mass is 10.0. The first kappa shape index (κ1) is 9.86. The van der Waals surface area contributed by atoms with Gasteiger partial charge in [0.1, 0.15) is 6.04 Å². The average Bonchev–Trinajstić information content (AvgIpc) is 2.00. The molecule has 0 spiro atoms. The van der Waals surface area contributed by atoms with Crippen molar-refractivity contribution >= 4 is 11.9 Å². The highest BCUT2D eigenvalue weighted by atomic mass is 16.5.